The SMILES string of the molecule is CNC(=S)N1CCc2cc(OC)c(OC)cc2[C@H]1c1cc2cc(C)cc(C)c2[nH]c1=O. The molecule has 162 valence electrons. The van der Waals surface area contributed by atoms with E-state index in [1.165, 1.54) is 0 Å². The fourth-order valence-electron chi connectivity index (χ4n) is 4.55. The Labute approximate surface area is 187 Å². The molecule has 2 heterocycles. The number of ether oxygens (including phenoxy) is 2. The van der Waals surface area contributed by atoms with E-state index >= 15 is 0 Å². The molecular weight excluding hydrogens is 410 g/mol. The fourth-order valence-corrected chi connectivity index (χ4v) is 4.75. The minimum absolute atomic E-state index is 0.115. The van der Waals surface area contributed by atoms with E-state index in [9.17, 15) is 4.79 Å². The number of aromatic amines is 1. The van der Waals surface area contributed by atoms with Crippen LogP contribution in [0.3, 0.4) is 0 Å². The Morgan fingerprint density at radius 1 is 1.10 bits per heavy atom. The van der Waals surface area contributed by atoms with Crippen LogP contribution < -0.4 is 20.3 Å². The van der Waals surface area contributed by atoms with Gasteiger partial charge in [0, 0.05) is 19.2 Å². The number of hydrogen-bond donors (Lipinski definition) is 2. The first-order chi connectivity index (χ1) is 14.9. The maximum absolute atomic E-state index is 13.3. The van der Waals surface area contributed by atoms with E-state index in [-0.39, 0.29) is 11.6 Å². The van der Waals surface area contributed by atoms with Crippen molar-refractivity contribution < 1.29 is 9.47 Å². The zero-order valence-corrected chi connectivity index (χ0v) is 19.3. The lowest BCUT2D eigenvalue weighted by molar-refractivity contribution is 0.324. The van der Waals surface area contributed by atoms with Crippen molar-refractivity contribution in [3.63, 3.8) is 0 Å². The molecule has 0 spiro atoms. The van der Waals surface area contributed by atoms with Crippen molar-refractivity contribution in [2.24, 2.45) is 0 Å². The van der Waals surface area contributed by atoms with Crippen molar-refractivity contribution in [1.29, 1.82) is 0 Å². The maximum atomic E-state index is 13.3. The van der Waals surface area contributed by atoms with Gasteiger partial charge in [0.25, 0.3) is 5.56 Å². The van der Waals surface area contributed by atoms with Crippen molar-refractivity contribution in [1.82, 2.24) is 15.2 Å². The van der Waals surface area contributed by atoms with E-state index in [4.69, 9.17) is 21.7 Å². The van der Waals surface area contributed by atoms with Gasteiger partial charge in [0.15, 0.2) is 16.6 Å². The highest BCUT2D eigenvalue weighted by Gasteiger charge is 2.33. The Morgan fingerprint density at radius 3 is 2.48 bits per heavy atom. The van der Waals surface area contributed by atoms with Crippen molar-refractivity contribution >= 4 is 28.2 Å². The second-order valence-corrected chi connectivity index (χ2v) is 8.29. The summed E-state index contributed by atoms with van der Waals surface area (Å²) in [5.41, 5.74) is 5.73. The lowest BCUT2D eigenvalue weighted by Crippen LogP contribution is -2.46. The number of hydrogen-bond acceptors (Lipinski definition) is 4. The molecule has 2 N–H and O–H groups in total. The van der Waals surface area contributed by atoms with Gasteiger partial charge in [-0.2, -0.15) is 0 Å². The zero-order chi connectivity index (χ0) is 22.3. The largest absolute Gasteiger partial charge is 0.493 e. The standard InChI is InChI=1S/C24H27N3O3S/c1-13-8-14(2)21-16(9-13)10-18(23(28)26-21)22-17-12-20(30-5)19(29-4)11-15(17)6-7-27(22)24(31)25-3/h8-12,22H,6-7H2,1-5H3,(H,25,31)(H,26,28)/t22-/m0/s1. The first kappa shape index (κ1) is 21.2. The Bertz CT molecular complexity index is 1230. The molecule has 6 nitrogen and oxygen atoms in total. The van der Waals surface area contributed by atoms with Crippen molar-refractivity contribution in [3.8, 4) is 11.5 Å². The maximum Gasteiger partial charge on any atom is 0.254 e. The minimum Gasteiger partial charge on any atom is -0.493 e. The Kier molecular flexibility index (Phi) is 5.62. The molecule has 0 saturated carbocycles. The highest BCUT2D eigenvalue weighted by Crippen LogP contribution is 2.40. The van der Waals surface area contributed by atoms with Crippen molar-refractivity contribution in [2.75, 3.05) is 27.8 Å². The molecule has 0 aliphatic carbocycles. The molecule has 7 heteroatoms. The summed E-state index contributed by atoms with van der Waals surface area (Å²) < 4.78 is 11.1. The molecule has 2 aromatic carbocycles. The molecule has 0 fully saturated rings. The van der Waals surface area contributed by atoms with Gasteiger partial charge in [0.2, 0.25) is 0 Å². The van der Waals surface area contributed by atoms with Gasteiger partial charge in [-0.05, 0) is 78.8 Å². The zero-order valence-electron chi connectivity index (χ0n) is 18.5. The molecule has 1 aliphatic rings. The number of aryl methyl sites for hydroxylation is 2. The second-order valence-electron chi connectivity index (χ2n) is 7.91. The summed E-state index contributed by atoms with van der Waals surface area (Å²) >= 11 is 5.62. The molecule has 1 aromatic heterocycles. The van der Waals surface area contributed by atoms with Gasteiger partial charge in [0.05, 0.1) is 25.8 Å². The minimum atomic E-state index is -0.336. The van der Waals surface area contributed by atoms with E-state index in [0.29, 0.717) is 28.7 Å². The molecule has 31 heavy (non-hydrogen) atoms. The molecule has 4 rings (SSSR count). The lowest BCUT2D eigenvalue weighted by atomic mass is 9.87. The van der Waals surface area contributed by atoms with Gasteiger partial charge in [-0.3, -0.25) is 4.79 Å². The van der Waals surface area contributed by atoms with Crippen LogP contribution in [-0.2, 0) is 6.42 Å². The van der Waals surface area contributed by atoms with Crippen LogP contribution in [0.15, 0.2) is 35.1 Å². The summed E-state index contributed by atoms with van der Waals surface area (Å²) in [4.78, 5) is 18.5. The normalized spacial score (nSPS) is 15.5. The predicted molar refractivity (Wildman–Crippen MR) is 127 cm³/mol. The van der Waals surface area contributed by atoms with Gasteiger partial charge in [-0.15, -0.1) is 0 Å². The van der Waals surface area contributed by atoms with Crippen LogP contribution >= 0.6 is 12.2 Å². The molecule has 1 atom stereocenters. The van der Waals surface area contributed by atoms with Crippen LogP contribution in [0.4, 0.5) is 0 Å². The first-order valence-corrected chi connectivity index (χ1v) is 10.7. The summed E-state index contributed by atoms with van der Waals surface area (Å²) in [5, 5.41) is 4.69. The third-order valence-electron chi connectivity index (χ3n) is 5.97. The van der Waals surface area contributed by atoms with E-state index in [1.807, 2.05) is 25.1 Å². The number of benzene rings is 2. The van der Waals surface area contributed by atoms with Crippen molar-refractivity contribution in [3.05, 3.63) is 68.5 Å². The summed E-state index contributed by atoms with van der Waals surface area (Å²) in [7, 11) is 5.05. The van der Waals surface area contributed by atoms with E-state index in [1.54, 1.807) is 21.3 Å². The van der Waals surface area contributed by atoms with Gasteiger partial charge >= 0.3 is 0 Å². The third-order valence-corrected chi connectivity index (χ3v) is 6.40. The van der Waals surface area contributed by atoms with E-state index in [2.05, 4.69) is 34.3 Å². The average molecular weight is 438 g/mol. The van der Waals surface area contributed by atoms with E-state index in [0.717, 1.165) is 39.6 Å². The molecule has 1 aliphatic heterocycles. The number of nitrogens with zero attached hydrogens (tertiary/aromatic N) is 1. The van der Waals surface area contributed by atoms with Crippen LogP contribution in [0, 0.1) is 13.8 Å². The number of aromatic nitrogens is 1. The number of nitrogens with one attached hydrogen (secondary N) is 2. The molecule has 0 unspecified atom stereocenters. The second kappa shape index (κ2) is 8.23. The Hall–Kier alpha value is -3.06. The van der Waals surface area contributed by atoms with Crippen LogP contribution in [0.25, 0.3) is 10.9 Å². The van der Waals surface area contributed by atoms with Crippen LogP contribution in [0.5, 0.6) is 11.5 Å². The number of H-pyrrole nitrogens is 1. The average Bonchev–Trinajstić information content (AvgIpc) is 2.77. The highest BCUT2D eigenvalue weighted by molar-refractivity contribution is 7.80. The van der Waals surface area contributed by atoms with Crippen LogP contribution in [0.2, 0.25) is 0 Å². The number of methoxy groups -OCH3 is 2. The van der Waals surface area contributed by atoms with Gasteiger partial charge in [-0.25, -0.2) is 0 Å². The number of pyridine rings is 1. The molecular formula is C24H27N3O3S. The lowest BCUT2D eigenvalue weighted by Gasteiger charge is -2.39. The quantitative estimate of drug-likeness (QED) is 0.610. The molecule has 0 saturated heterocycles. The summed E-state index contributed by atoms with van der Waals surface area (Å²) in [6.07, 6.45) is 0.789. The molecule has 0 amide bonds. The molecule has 0 radical (unpaired) electrons. The van der Waals surface area contributed by atoms with E-state index < -0.39 is 0 Å². The highest BCUT2D eigenvalue weighted by atomic mass is 32.1. The third kappa shape index (κ3) is 3.63. The van der Waals surface area contributed by atoms with Crippen LogP contribution in [-0.4, -0.2) is 42.8 Å². The number of rotatable bonds is 3. The molecule has 0 bridgehead atoms. The van der Waals surface area contributed by atoms with Gasteiger partial charge < -0.3 is 24.7 Å². The molecule has 3 aromatic rings. The predicted octanol–water partition coefficient (Wildman–Crippen LogP) is 3.61. The summed E-state index contributed by atoms with van der Waals surface area (Å²) in [6.45, 7) is 4.77. The summed E-state index contributed by atoms with van der Waals surface area (Å²) in [5.74, 6) is 1.32. The summed E-state index contributed by atoms with van der Waals surface area (Å²) in [6, 6.07) is 9.81. The number of thiocarbonyl (C=S) groups is 1. The topological polar surface area (TPSA) is 66.6 Å². The smallest absolute Gasteiger partial charge is 0.254 e. The van der Waals surface area contributed by atoms with Gasteiger partial charge in [0.1, 0.15) is 0 Å². The van der Waals surface area contributed by atoms with Gasteiger partial charge in [-0.1, -0.05) is 11.6 Å². The Morgan fingerprint density at radius 2 is 1.81 bits per heavy atom. The first-order valence-electron chi connectivity index (χ1n) is 10.2. The Balaban J connectivity index is 1.99. The number of fused-ring (bicyclic) bond motifs is 2. The van der Waals surface area contributed by atoms with Crippen LogP contribution in [0.1, 0.15) is 33.9 Å². The monoisotopic (exact) mass is 437 g/mol. The fraction of sp³-hybridized carbons (Fsp3) is 0.333. The van der Waals surface area contributed by atoms with Crippen molar-refractivity contribution in [2.45, 2.75) is 26.3 Å².